The van der Waals surface area contributed by atoms with Gasteiger partial charge in [0.05, 0.1) is 12.0 Å². The molecule has 1 aromatic carbocycles. The number of nitrogens with zero attached hydrogens (tertiary/aromatic N) is 1. The van der Waals surface area contributed by atoms with Crippen LogP contribution in [-0.4, -0.2) is 48.1 Å². The van der Waals surface area contributed by atoms with Crippen molar-refractivity contribution in [3.63, 3.8) is 0 Å². The van der Waals surface area contributed by atoms with Gasteiger partial charge in [-0.2, -0.15) is 0 Å². The second kappa shape index (κ2) is 13.0. The first-order valence-electron chi connectivity index (χ1n) is 14.1. The van der Waals surface area contributed by atoms with Gasteiger partial charge in [-0.1, -0.05) is 39.8 Å². The number of hydrogen-bond donors (Lipinski definition) is 1. The van der Waals surface area contributed by atoms with E-state index in [9.17, 15) is 9.59 Å². The summed E-state index contributed by atoms with van der Waals surface area (Å²) in [5.41, 5.74) is 1.89. The molecule has 7 heteroatoms. The van der Waals surface area contributed by atoms with Crippen molar-refractivity contribution < 1.29 is 23.8 Å². The number of esters is 1. The smallest absolute Gasteiger partial charge is 0.408 e. The van der Waals surface area contributed by atoms with E-state index in [0.717, 1.165) is 26.0 Å². The topological polar surface area (TPSA) is 78.8 Å². The zero-order valence-corrected chi connectivity index (χ0v) is 24.6. The first kappa shape index (κ1) is 30.0. The minimum Gasteiger partial charge on any atom is -0.460 e. The van der Waals surface area contributed by atoms with Crippen molar-refractivity contribution >= 4 is 23.0 Å². The van der Waals surface area contributed by atoms with Gasteiger partial charge in [-0.05, 0) is 87.3 Å². The van der Waals surface area contributed by atoms with Gasteiger partial charge >= 0.3 is 12.1 Å². The van der Waals surface area contributed by atoms with Gasteiger partial charge in [0.15, 0.2) is 0 Å². The Kier molecular flexibility index (Phi) is 10.3. The summed E-state index contributed by atoms with van der Waals surface area (Å²) >= 11 is 0. The van der Waals surface area contributed by atoms with Gasteiger partial charge in [0.1, 0.15) is 11.7 Å². The van der Waals surface area contributed by atoms with Crippen molar-refractivity contribution in [2.24, 2.45) is 23.7 Å². The second-order valence-corrected chi connectivity index (χ2v) is 12.5. The molecule has 212 valence electrons. The Morgan fingerprint density at radius 2 is 1.92 bits per heavy atom. The predicted molar refractivity (Wildman–Crippen MR) is 151 cm³/mol. The molecule has 1 fully saturated rings. The molecule has 1 saturated heterocycles. The number of nitrogens with one attached hydrogen (secondary N) is 1. The zero-order chi connectivity index (χ0) is 28.0. The Bertz CT molecular complexity index is 1070. The van der Waals surface area contributed by atoms with E-state index >= 15 is 0 Å². The molecule has 1 aromatic heterocycles. The largest absolute Gasteiger partial charge is 0.460 e. The van der Waals surface area contributed by atoms with Crippen LogP contribution in [0.15, 0.2) is 30.5 Å². The highest BCUT2D eigenvalue weighted by molar-refractivity contribution is 5.81. The summed E-state index contributed by atoms with van der Waals surface area (Å²) in [6.45, 7) is 15.7. The van der Waals surface area contributed by atoms with Crippen molar-refractivity contribution in [1.29, 1.82) is 0 Å². The number of alkyl carbamates (subject to hydrolysis) is 1. The van der Waals surface area contributed by atoms with Crippen molar-refractivity contribution in [2.75, 3.05) is 13.7 Å². The fraction of sp³-hybridized carbons (Fsp3) is 0.677. The van der Waals surface area contributed by atoms with Crippen molar-refractivity contribution in [1.82, 2.24) is 9.88 Å². The van der Waals surface area contributed by atoms with E-state index in [2.05, 4.69) is 54.2 Å². The summed E-state index contributed by atoms with van der Waals surface area (Å²) in [5, 5.41) is 4.31. The molecule has 3 rings (SSSR count). The highest BCUT2D eigenvalue weighted by atomic mass is 16.6. The standard InChI is InChI=1S/C31H48N2O5/c1-20(2)24(16-22-10-11-23-12-14-33(27(23)17-22)13-9-15-36-8)18-26(32-30(35)38-31(5,6)7)28-19-25(21(3)4)29(34)37-28/h10-12,14,17,20-21,24-26,28H,9,13,15-16,18-19H2,1-8H3,(H,32,35). The van der Waals surface area contributed by atoms with Gasteiger partial charge in [0.2, 0.25) is 0 Å². The maximum absolute atomic E-state index is 12.8. The van der Waals surface area contributed by atoms with E-state index in [4.69, 9.17) is 14.2 Å². The third-order valence-corrected chi connectivity index (χ3v) is 7.60. The van der Waals surface area contributed by atoms with Crippen LogP contribution in [0.2, 0.25) is 0 Å². The van der Waals surface area contributed by atoms with Crippen LogP contribution >= 0.6 is 0 Å². The van der Waals surface area contributed by atoms with E-state index in [-0.39, 0.29) is 35.9 Å². The van der Waals surface area contributed by atoms with Crippen LogP contribution < -0.4 is 5.32 Å². The average Bonchev–Trinajstić information content (AvgIpc) is 3.40. The molecule has 0 radical (unpaired) electrons. The molecule has 0 saturated carbocycles. The Balaban J connectivity index is 1.80. The Hall–Kier alpha value is -2.54. The fourth-order valence-corrected chi connectivity index (χ4v) is 5.34. The summed E-state index contributed by atoms with van der Waals surface area (Å²) in [7, 11) is 1.73. The zero-order valence-electron chi connectivity index (χ0n) is 24.6. The maximum atomic E-state index is 12.8. The minimum atomic E-state index is -0.605. The number of hydrogen-bond acceptors (Lipinski definition) is 5. The van der Waals surface area contributed by atoms with Crippen LogP contribution in [0.25, 0.3) is 10.9 Å². The summed E-state index contributed by atoms with van der Waals surface area (Å²) in [5.74, 6) is 0.541. The summed E-state index contributed by atoms with van der Waals surface area (Å²) in [6.07, 6.45) is 4.47. The third-order valence-electron chi connectivity index (χ3n) is 7.60. The lowest BCUT2D eigenvalue weighted by molar-refractivity contribution is -0.146. The number of aromatic nitrogens is 1. The monoisotopic (exact) mass is 528 g/mol. The quantitative estimate of drug-likeness (QED) is 0.256. The highest BCUT2D eigenvalue weighted by Crippen LogP contribution is 2.33. The summed E-state index contributed by atoms with van der Waals surface area (Å²) in [4.78, 5) is 25.4. The predicted octanol–water partition coefficient (Wildman–Crippen LogP) is 6.36. The Morgan fingerprint density at radius 1 is 1.18 bits per heavy atom. The van der Waals surface area contributed by atoms with E-state index in [1.165, 1.54) is 16.5 Å². The van der Waals surface area contributed by atoms with Crippen LogP contribution in [0.5, 0.6) is 0 Å². The lowest BCUT2D eigenvalue weighted by atomic mass is 9.81. The van der Waals surface area contributed by atoms with Crippen molar-refractivity contribution in [3.8, 4) is 0 Å². The molecule has 1 N–H and O–H groups in total. The van der Waals surface area contributed by atoms with Gasteiger partial charge in [-0.15, -0.1) is 0 Å². The number of ether oxygens (including phenoxy) is 3. The second-order valence-electron chi connectivity index (χ2n) is 12.5. The van der Waals surface area contributed by atoms with Crippen LogP contribution in [0, 0.1) is 23.7 Å². The number of cyclic esters (lactones) is 1. The number of carbonyl (C=O) groups is 2. The number of rotatable bonds is 12. The molecule has 38 heavy (non-hydrogen) atoms. The molecule has 0 aliphatic carbocycles. The van der Waals surface area contributed by atoms with E-state index < -0.39 is 11.7 Å². The van der Waals surface area contributed by atoms with Crippen molar-refractivity contribution in [2.45, 2.75) is 98.4 Å². The Morgan fingerprint density at radius 3 is 2.53 bits per heavy atom. The summed E-state index contributed by atoms with van der Waals surface area (Å²) < 4.78 is 18.9. The van der Waals surface area contributed by atoms with Gasteiger partial charge < -0.3 is 24.1 Å². The highest BCUT2D eigenvalue weighted by Gasteiger charge is 2.42. The van der Waals surface area contributed by atoms with E-state index in [0.29, 0.717) is 18.8 Å². The van der Waals surface area contributed by atoms with Gasteiger partial charge in [0, 0.05) is 32.0 Å². The lowest BCUT2D eigenvalue weighted by Gasteiger charge is -2.31. The number of amides is 1. The average molecular weight is 529 g/mol. The lowest BCUT2D eigenvalue weighted by Crippen LogP contribution is -2.47. The third kappa shape index (κ3) is 8.23. The van der Waals surface area contributed by atoms with Gasteiger partial charge in [-0.25, -0.2) is 4.79 Å². The SMILES string of the molecule is COCCCn1ccc2ccc(CC(CC(NC(=O)OC(C)(C)C)C3CC(C(C)C)C(=O)O3)C(C)C)cc21. The first-order chi connectivity index (χ1) is 17.9. The number of fused-ring (bicyclic) bond motifs is 1. The van der Waals surface area contributed by atoms with E-state index in [1.807, 2.05) is 34.6 Å². The minimum absolute atomic E-state index is 0.145. The van der Waals surface area contributed by atoms with Crippen LogP contribution in [-0.2, 0) is 32.0 Å². The normalized spacial score (nSPS) is 19.7. The van der Waals surface area contributed by atoms with Crippen molar-refractivity contribution in [3.05, 3.63) is 36.0 Å². The molecule has 0 spiro atoms. The molecule has 4 unspecified atom stereocenters. The number of aryl methyl sites for hydroxylation is 1. The van der Waals surface area contributed by atoms with Gasteiger partial charge in [-0.3, -0.25) is 4.79 Å². The van der Waals surface area contributed by atoms with E-state index in [1.54, 1.807) is 7.11 Å². The van der Waals surface area contributed by atoms with Crippen LogP contribution in [0.1, 0.15) is 73.3 Å². The fourth-order valence-electron chi connectivity index (χ4n) is 5.34. The molecule has 1 aliphatic rings. The molecule has 4 atom stereocenters. The molecule has 1 amide bonds. The molecule has 0 bridgehead atoms. The molecule has 1 aliphatic heterocycles. The summed E-state index contributed by atoms with van der Waals surface area (Å²) in [6, 6.07) is 8.53. The number of carbonyl (C=O) groups excluding carboxylic acids is 2. The number of benzene rings is 1. The van der Waals surface area contributed by atoms with Crippen LogP contribution in [0.4, 0.5) is 4.79 Å². The first-order valence-corrected chi connectivity index (χ1v) is 14.1. The molecule has 7 nitrogen and oxygen atoms in total. The molecular formula is C31H48N2O5. The van der Waals surface area contributed by atoms with Crippen LogP contribution in [0.3, 0.4) is 0 Å². The number of methoxy groups -OCH3 is 1. The van der Waals surface area contributed by atoms with Gasteiger partial charge in [0.25, 0.3) is 0 Å². The molecule has 2 heterocycles. The Labute approximate surface area is 228 Å². The molecular weight excluding hydrogens is 480 g/mol. The maximum Gasteiger partial charge on any atom is 0.408 e. The molecule has 2 aromatic rings.